The molecule has 1 atom stereocenters. The highest BCUT2D eigenvalue weighted by atomic mass is 16.1. The van der Waals surface area contributed by atoms with E-state index in [0.717, 1.165) is 24.3 Å². The van der Waals surface area contributed by atoms with Crippen LogP contribution in [0, 0.1) is 12.8 Å². The molecule has 0 aliphatic rings. The number of allylic oxidation sites excluding steroid dienone is 1. The number of hydrogen-bond donors (Lipinski definition) is 1. The fourth-order valence-corrected chi connectivity index (χ4v) is 3.09. The topological polar surface area (TPSA) is 29.1 Å². The van der Waals surface area contributed by atoms with Crippen LogP contribution >= 0.6 is 0 Å². The van der Waals surface area contributed by atoms with E-state index in [4.69, 9.17) is 0 Å². The summed E-state index contributed by atoms with van der Waals surface area (Å²) in [4.78, 5) is 9.98. The summed E-state index contributed by atoms with van der Waals surface area (Å²) in [5.41, 5.74) is 6.20. The standard InChI is InChI=1S/C14H15N.C9H10O.C8H16.2C2H6/c1-11-3-5-12(6-4-11)13-7-9-14(15-2)10-8-13;10-8-4-7-9-5-2-1-3-6-9;1-4-6-7-8(3)5-2;2*1-2/h3-10,15H,1-2H3;1-3,5-6,8H,4,7H2;5,8H,2,4,6-7H2,1,3H3;2*1-2H3/t;;8-;;/m..1../s1. The summed E-state index contributed by atoms with van der Waals surface area (Å²) in [5.74, 6) is 0.718. The maximum absolute atomic E-state index is 9.98. The van der Waals surface area contributed by atoms with Gasteiger partial charge in [0, 0.05) is 19.2 Å². The van der Waals surface area contributed by atoms with Crippen LogP contribution in [-0.4, -0.2) is 13.3 Å². The quantitative estimate of drug-likeness (QED) is 0.232. The zero-order valence-electron chi connectivity index (χ0n) is 24.9. The minimum Gasteiger partial charge on any atom is -0.388 e. The highest BCUT2D eigenvalue weighted by molar-refractivity contribution is 5.66. The van der Waals surface area contributed by atoms with Crippen LogP contribution in [0.3, 0.4) is 0 Å². The Kier molecular flexibility index (Phi) is 25.3. The lowest BCUT2D eigenvalue weighted by Crippen LogP contribution is -1.86. The van der Waals surface area contributed by atoms with Crippen molar-refractivity contribution in [2.75, 3.05) is 12.4 Å². The lowest BCUT2D eigenvalue weighted by atomic mass is 10.0. The molecule has 0 heterocycles. The second kappa shape index (κ2) is 25.9. The van der Waals surface area contributed by atoms with Crippen LogP contribution in [0.25, 0.3) is 11.1 Å². The summed E-state index contributed by atoms with van der Waals surface area (Å²) >= 11 is 0. The maximum Gasteiger partial charge on any atom is 0.120 e. The van der Waals surface area contributed by atoms with E-state index in [9.17, 15) is 4.79 Å². The van der Waals surface area contributed by atoms with E-state index in [0.29, 0.717) is 6.42 Å². The summed E-state index contributed by atoms with van der Waals surface area (Å²) in [6.07, 6.45) is 8.42. The molecule has 0 aliphatic carbocycles. The Morgan fingerprint density at radius 1 is 0.838 bits per heavy atom. The van der Waals surface area contributed by atoms with E-state index in [-0.39, 0.29) is 0 Å². The van der Waals surface area contributed by atoms with Gasteiger partial charge in [-0.15, -0.1) is 6.58 Å². The molecular weight excluding hydrogens is 450 g/mol. The van der Waals surface area contributed by atoms with Gasteiger partial charge in [-0.1, -0.05) is 133 Å². The van der Waals surface area contributed by atoms with Gasteiger partial charge in [-0.25, -0.2) is 0 Å². The number of benzene rings is 3. The van der Waals surface area contributed by atoms with Crippen LogP contribution < -0.4 is 5.32 Å². The summed E-state index contributed by atoms with van der Waals surface area (Å²) in [6, 6.07) is 27.1. The van der Waals surface area contributed by atoms with E-state index in [1.807, 2.05) is 71.2 Å². The second-order valence-corrected chi connectivity index (χ2v) is 8.24. The van der Waals surface area contributed by atoms with Crippen molar-refractivity contribution in [3.05, 3.63) is 103 Å². The average Bonchev–Trinajstić information content (AvgIpc) is 2.98. The highest BCUT2D eigenvalue weighted by Crippen LogP contribution is 2.21. The molecule has 204 valence electrons. The van der Waals surface area contributed by atoms with Gasteiger partial charge in [0.15, 0.2) is 0 Å². The molecule has 0 unspecified atom stereocenters. The molecular formula is C35H53NO. The van der Waals surface area contributed by atoms with Gasteiger partial charge in [-0.05, 0) is 54.5 Å². The van der Waals surface area contributed by atoms with Gasteiger partial charge in [-0.2, -0.15) is 0 Å². The fourth-order valence-electron chi connectivity index (χ4n) is 3.09. The lowest BCUT2D eigenvalue weighted by Gasteiger charge is -2.04. The Bertz CT molecular complexity index is 883. The van der Waals surface area contributed by atoms with Gasteiger partial charge in [0.05, 0.1) is 0 Å². The number of unbranched alkanes of at least 4 members (excludes halogenated alkanes) is 1. The first kappa shape index (κ1) is 36.0. The van der Waals surface area contributed by atoms with Gasteiger partial charge in [0.1, 0.15) is 6.29 Å². The van der Waals surface area contributed by atoms with Crippen molar-refractivity contribution in [3.8, 4) is 11.1 Å². The Labute approximate surface area is 229 Å². The molecule has 0 saturated carbocycles. The van der Waals surface area contributed by atoms with Crippen LogP contribution in [0.15, 0.2) is 91.5 Å². The third-order valence-corrected chi connectivity index (χ3v) is 5.37. The summed E-state index contributed by atoms with van der Waals surface area (Å²) in [7, 11) is 1.93. The number of aldehydes is 1. The third kappa shape index (κ3) is 18.8. The zero-order valence-corrected chi connectivity index (χ0v) is 24.9. The van der Waals surface area contributed by atoms with Gasteiger partial charge < -0.3 is 10.1 Å². The Hall–Kier alpha value is -3.13. The number of nitrogens with one attached hydrogen (secondary N) is 1. The molecule has 3 aromatic rings. The minimum absolute atomic E-state index is 0.629. The molecule has 0 spiro atoms. The van der Waals surface area contributed by atoms with Crippen molar-refractivity contribution >= 4 is 12.0 Å². The minimum atomic E-state index is 0.629. The van der Waals surface area contributed by atoms with Crippen molar-refractivity contribution < 1.29 is 4.79 Å². The molecule has 2 heteroatoms. The van der Waals surface area contributed by atoms with Crippen LogP contribution in [0.1, 0.15) is 78.4 Å². The van der Waals surface area contributed by atoms with E-state index in [1.54, 1.807) is 0 Å². The highest BCUT2D eigenvalue weighted by Gasteiger charge is 1.96. The van der Waals surface area contributed by atoms with E-state index in [2.05, 4.69) is 81.2 Å². The SMILES string of the molecule is C=C[C@@H](C)CCCC.CC.CC.CNc1ccc(-c2ccc(C)cc2)cc1.O=CCCc1ccccc1. The van der Waals surface area contributed by atoms with E-state index >= 15 is 0 Å². The smallest absolute Gasteiger partial charge is 0.120 e. The van der Waals surface area contributed by atoms with E-state index < -0.39 is 0 Å². The Morgan fingerprint density at radius 3 is 1.78 bits per heavy atom. The Morgan fingerprint density at radius 2 is 1.35 bits per heavy atom. The van der Waals surface area contributed by atoms with Crippen LogP contribution in [0.2, 0.25) is 0 Å². The fraction of sp³-hybridized carbons (Fsp3) is 0.400. The summed E-state index contributed by atoms with van der Waals surface area (Å²) in [5, 5.41) is 3.11. The first-order chi connectivity index (χ1) is 18.0. The number of anilines is 1. The molecule has 0 saturated heterocycles. The summed E-state index contributed by atoms with van der Waals surface area (Å²) in [6.45, 7) is 18.2. The molecule has 3 rings (SSSR count). The number of carbonyl (C=O) groups is 1. The summed E-state index contributed by atoms with van der Waals surface area (Å²) < 4.78 is 0. The van der Waals surface area contributed by atoms with Gasteiger partial charge >= 0.3 is 0 Å². The molecule has 0 aliphatic heterocycles. The zero-order chi connectivity index (χ0) is 28.3. The molecule has 0 fully saturated rings. The van der Waals surface area contributed by atoms with Crippen LogP contribution in [0.4, 0.5) is 5.69 Å². The first-order valence-electron chi connectivity index (χ1n) is 14.0. The molecule has 0 radical (unpaired) electrons. The van der Waals surface area contributed by atoms with Crippen molar-refractivity contribution in [2.24, 2.45) is 5.92 Å². The van der Waals surface area contributed by atoms with Crippen molar-refractivity contribution in [2.45, 2.75) is 80.6 Å². The normalized spacial score (nSPS) is 9.73. The monoisotopic (exact) mass is 503 g/mol. The maximum atomic E-state index is 9.98. The number of carbonyl (C=O) groups excluding carboxylic acids is 1. The van der Waals surface area contributed by atoms with Gasteiger partial charge in [0.25, 0.3) is 0 Å². The molecule has 3 aromatic carbocycles. The predicted molar refractivity (Wildman–Crippen MR) is 169 cm³/mol. The number of aryl methyl sites for hydroxylation is 2. The van der Waals surface area contributed by atoms with Crippen molar-refractivity contribution in [1.29, 1.82) is 0 Å². The predicted octanol–water partition coefficient (Wildman–Crippen LogP) is 10.6. The third-order valence-electron chi connectivity index (χ3n) is 5.37. The molecule has 37 heavy (non-hydrogen) atoms. The molecule has 0 bridgehead atoms. The van der Waals surface area contributed by atoms with Crippen LogP contribution in [0.5, 0.6) is 0 Å². The molecule has 2 nitrogen and oxygen atoms in total. The van der Waals surface area contributed by atoms with Crippen molar-refractivity contribution in [1.82, 2.24) is 0 Å². The Balaban J connectivity index is 0. The first-order valence-corrected chi connectivity index (χ1v) is 14.0. The van der Waals surface area contributed by atoms with Gasteiger partial charge in [0.2, 0.25) is 0 Å². The molecule has 0 aromatic heterocycles. The number of rotatable bonds is 9. The van der Waals surface area contributed by atoms with Crippen molar-refractivity contribution in [3.63, 3.8) is 0 Å². The largest absolute Gasteiger partial charge is 0.388 e. The lowest BCUT2D eigenvalue weighted by molar-refractivity contribution is -0.107. The van der Waals surface area contributed by atoms with Gasteiger partial charge in [-0.3, -0.25) is 0 Å². The average molecular weight is 504 g/mol. The molecule has 1 N–H and O–H groups in total. The molecule has 0 amide bonds. The second-order valence-electron chi connectivity index (χ2n) is 8.24. The van der Waals surface area contributed by atoms with Crippen LogP contribution in [-0.2, 0) is 11.2 Å². The van der Waals surface area contributed by atoms with E-state index in [1.165, 1.54) is 41.5 Å². The number of hydrogen-bond acceptors (Lipinski definition) is 2.